The number of nitrogens with one attached hydrogen (secondary N) is 1. The Kier molecular flexibility index (Phi) is 4.73. The maximum atomic E-state index is 11.9. The van der Waals surface area contributed by atoms with Crippen LogP contribution in [0.5, 0.6) is 11.5 Å². The van der Waals surface area contributed by atoms with Crippen LogP contribution in [0.2, 0.25) is 0 Å². The van der Waals surface area contributed by atoms with Crippen molar-refractivity contribution in [3.05, 3.63) is 17.7 Å². The highest BCUT2D eigenvalue weighted by molar-refractivity contribution is 7.89. The first-order valence-electron chi connectivity index (χ1n) is 5.36. The Labute approximate surface area is 111 Å². The molecule has 0 saturated carbocycles. The topological polar surface area (TPSA) is 102 Å². The third-order valence-electron chi connectivity index (χ3n) is 2.33. The quantitative estimate of drug-likeness (QED) is 0.799. The van der Waals surface area contributed by atoms with Gasteiger partial charge >= 0.3 is 5.97 Å². The van der Waals surface area contributed by atoms with Crippen LogP contribution in [0.1, 0.15) is 17.3 Å². The highest BCUT2D eigenvalue weighted by Crippen LogP contribution is 2.34. The van der Waals surface area contributed by atoms with Crippen LogP contribution >= 0.6 is 0 Å². The standard InChI is InChI=1S/C11H15NO6S/c1-4-12-19(15,16)7-5-8(11(13)14)10(18-3)9(6-7)17-2/h5-6,12H,4H2,1-3H3,(H,13,14). The number of hydrogen-bond acceptors (Lipinski definition) is 5. The zero-order chi connectivity index (χ0) is 14.6. The average molecular weight is 289 g/mol. The van der Waals surface area contributed by atoms with Crippen molar-refractivity contribution in [1.29, 1.82) is 0 Å². The highest BCUT2D eigenvalue weighted by atomic mass is 32.2. The van der Waals surface area contributed by atoms with Crippen LogP contribution in [-0.2, 0) is 10.0 Å². The van der Waals surface area contributed by atoms with Gasteiger partial charge < -0.3 is 14.6 Å². The number of benzene rings is 1. The van der Waals surface area contributed by atoms with E-state index in [1.807, 2.05) is 0 Å². The molecule has 1 aromatic rings. The molecule has 0 radical (unpaired) electrons. The molecule has 19 heavy (non-hydrogen) atoms. The van der Waals surface area contributed by atoms with Crippen molar-refractivity contribution in [1.82, 2.24) is 4.72 Å². The molecule has 0 aliphatic carbocycles. The van der Waals surface area contributed by atoms with Crippen LogP contribution in [-0.4, -0.2) is 40.3 Å². The molecule has 0 aliphatic heterocycles. The molecule has 0 saturated heterocycles. The lowest BCUT2D eigenvalue weighted by molar-refractivity contribution is 0.0692. The molecule has 0 amide bonds. The van der Waals surface area contributed by atoms with Crippen LogP contribution in [0.15, 0.2) is 17.0 Å². The summed E-state index contributed by atoms with van der Waals surface area (Å²) >= 11 is 0. The van der Waals surface area contributed by atoms with Crippen molar-refractivity contribution >= 4 is 16.0 Å². The van der Waals surface area contributed by atoms with Gasteiger partial charge in [-0.1, -0.05) is 6.92 Å². The van der Waals surface area contributed by atoms with Gasteiger partial charge in [0.15, 0.2) is 11.5 Å². The van der Waals surface area contributed by atoms with E-state index in [-0.39, 0.29) is 28.5 Å². The summed E-state index contributed by atoms with van der Waals surface area (Å²) in [6.07, 6.45) is 0. The summed E-state index contributed by atoms with van der Waals surface area (Å²) in [7, 11) is -1.19. The molecule has 0 unspecified atom stereocenters. The molecular formula is C11H15NO6S. The fraction of sp³-hybridized carbons (Fsp3) is 0.364. The van der Waals surface area contributed by atoms with E-state index in [2.05, 4.69) is 4.72 Å². The van der Waals surface area contributed by atoms with Gasteiger partial charge in [0.25, 0.3) is 0 Å². The number of ether oxygens (including phenoxy) is 2. The van der Waals surface area contributed by atoms with E-state index in [4.69, 9.17) is 14.6 Å². The van der Waals surface area contributed by atoms with Crippen molar-refractivity contribution in [3.63, 3.8) is 0 Å². The Morgan fingerprint density at radius 3 is 2.37 bits per heavy atom. The first kappa shape index (κ1) is 15.3. The monoisotopic (exact) mass is 289 g/mol. The van der Waals surface area contributed by atoms with Gasteiger partial charge in [0, 0.05) is 12.6 Å². The van der Waals surface area contributed by atoms with Crippen LogP contribution in [0.4, 0.5) is 0 Å². The average Bonchev–Trinajstić information content (AvgIpc) is 2.36. The Morgan fingerprint density at radius 2 is 1.95 bits per heavy atom. The zero-order valence-electron chi connectivity index (χ0n) is 10.8. The number of hydrogen-bond donors (Lipinski definition) is 2. The molecule has 0 fully saturated rings. The first-order chi connectivity index (χ1) is 8.87. The molecular weight excluding hydrogens is 274 g/mol. The van der Waals surface area contributed by atoms with E-state index in [0.29, 0.717) is 0 Å². The molecule has 106 valence electrons. The lowest BCUT2D eigenvalue weighted by atomic mass is 10.2. The van der Waals surface area contributed by atoms with Gasteiger partial charge in [-0.25, -0.2) is 17.9 Å². The molecule has 1 rings (SSSR count). The van der Waals surface area contributed by atoms with E-state index in [9.17, 15) is 13.2 Å². The van der Waals surface area contributed by atoms with Crippen molar-refractivity contribution in [2.75, 3.05) is 20.8 Å². The van der Waals surface area contributed by atoms with Crippen molar-refractivity contribution in [3.8, 4) is 11.5 Å². The van der Waals surface area contributed by atoms with E-state index >= 15 is 0 Å². The molecule has 0 aliphatic rings. The van der Waals surface area contributed by atoms with Crippen molar-refractivity contribution < 1.29 is 27.8 Å². The fourth-order valence-corrected chi connectivity index (χ4v) is 2.61. The molecule has 1 aromatic carbocycles. The van der Waals surface area contributed by atoms with Crippen LogP contribution in [0.25, 0.3) is 0 Å². The first-order valence-corrected chi connectivity index (χ1v) is 6.84. The van der Waals surface area contributed by atoms with E-state index in [1.54, 1.807) is 6.92 Å². The molecule has 0 heterocycles. The third kappa shape index (κ3) is 3.15. The third-order valence-corrected chi connectivity index (χ3v) is 3.85. The summed E-state index contributed by atoms with van der Waals surface area (Å²) in [5.41, 5.74) is -0.279. The summed E-state index contributed by atoms with van der Waals surface area (Å²) in [5, 5.41) is 9.09. The second-order valence-corrected chi connectivity index (χ2v) is 5.28. The highest BCUT2D eigenvalue weighted by Gasteiger charge is 2.23. The number of methoxy groups -OCH3 is 2. The van der Waals surface area contributed by atoms with Gasteiger partial charge in [-0.15, -0.1) is 0 Å². The van der Waals surface area contributed by atoms with Crippen LogP contribution in [0.3, 0.4) is 0 Å². The number of carbonyl (C=O) groups is 1. The smallest absolute Gasteiger partial charge is 0.339 e. The maximum absolute atomic E-state index is 11.9. The Hall–Kier alpha value is -1.80. The molecule has 7 nitrogen and oxygen atoms in total. The molecule has 0 atom stereocenters. The lowest BCUT2D eigenvalue weighted by Gasteiger charge is -2.13. The van der Waals surface area contributed by atoms with E-state index in [1.165, 1.54) is 20.3 Å². The number of sulfonamides is 1. The van der Waals surface area contributed by atoms with Crippen molar-refractivity contribution in [2.45, 2.75) is 11.8 Å². The minimum atomic E-state index is -3.77. The Balaban J connectivity index is 3.54. The Morgan fingerprint density at radius 1 is 1.32 bits per heavy atom. The fourth-order valence-electron chi connectivity index (χ4n) is 1.53. The van der Waals surface area contributed by atoms with Crippen molar-refractivity contribution in [2.24, 2.45) is 0 Å². The van der Waals surface area contributed by atoms with Crippen LogP contribution < -0.4 is 14.2 Å². The van der Waals surface area contributed by atoms with Crippen LogP contribution in [0, 0.1) is 0 Å². The summed E-state index contributed by atoms with van der Waals surface area (Å²) in [6.45, 7) is 1.81. The number of carboxylic acids is 1. The minimum Gasteiger partial charge on any atom is -0.493 e. The molecule has 0 spiro atoms. The number of rotatable bonds is 6. The predicted molar refractivity (Wildman–Crippen MR) is 67.4 cm³/mol. The van der Waals surface area contributed by atoms with Gasteiger partial charge in [0.1, 0.15) is 5.56 Å². The number of carboxylic acid groups (broad SMARTS) is 1. The SMILES string of the molecule is CCNS(=O)(=O)c1cc(OC)c(OC)c(C(=O)O)c1. The lowest BCUT2D eigenvalue weighted by Crippen LogP contribution is -2.23. The molecule has 0 aromatic heterocycles. The molecule has 2 N–H and O–H groups in total. The second kappa shape index (κ2) is 5.89. The summed E-state index contributed by atoms with van der Waals surface area (Å²) in [5.74, 6) is -1.28. The molecule has 8 heteroatoms. The number of aromatic carboxylic acids is 1. The second-order valence-electron chi connectivity index (χ2n) is 3.51. The van der Waals surface area contributed by atoms with Gasteiger partial charge in [0.2, 0.25) is 10.0 Å². The summed E-state index contributed by atoms with van der Waals surface area (Å²) < 4.78 is 35.9. The van der Waals surface area contributed by atoms with E-state index in [0.717, 1.165) is 6.07 Å². The normalized spacial score (nSPS) is 11.1. The van der Waals surface area contributed by atoms with Gasteiger partial charge in [-0.2, -0.15) is 0 Å². The van der Waals surface area contributed by atoms with Gasteiger partial charge in [0.05, 0.1) is 19.1 Å². The maximum Gasteiger partial charge on any atom is 0.339 e. The van der Waals surface area contributed by atoms with E-state index < -0.39 is 16.0 Å². The van der Waals surface area contributed by atoms with Gasteiger partial charge in [-0.05, 0) is 6.07 Å². The predicted octanol–water partition coefficient (Wildman–Crippen LogP) is 0.700. The zero-order valence-corrected chi connectivity index (χ0v) is 11.6. The summed E-state index contributed by atoms with van der Waals surface area (Å²) in [6, 6.07) is 2.24. The van der Waals surface area contributed by atoms with Gasteiger partial charge in [-0.3, -0.25) is 0 Å². The largest absolute Gasteiger partial charge is 0.493 e. The molecule has 0 bridgehead atoms. The summed E-state index contributed by atoms with van der Waals surface area (Å²) in [4.78, 5) is 10.9. The Bertz CT molecular complexity index is 581. The minimum absolute atomic E-state index is 0.0227.